The van der Waals surface area contributed by atoms with E-state index in [0.29, 0.717) is 0 Å². The van der Waals surface area contributed by atoms with Crippen LogP contribution in [0.15, 0.2) is 59.6 Å². The van der Waals surface area contributed by atoms with Crippen LogP contribution in [0.2, 0.25) is 0 Å². The topological polar surface area (TPSA) is 38.1 Å². The molecule has 23 heavy (non-hydrogen) atoms. The first-order chi connectivity index (χ1) is 11.1. The van der Waals surface area contributed by atoms with Crippen LogP contribution in [0.4, 0.5) is 0 Å². The molecule has 2 heterocycles. The maximum Gasteiger partial charge on any atom is 0.112 e. The molecule has 1 aliphatic rings. The molecule has 2 aromatic carbocycles. The normalized spacial score (nSPS) is 19.3. The summed E-state index contributed by atoms with van der Waals surface area (Å²) < 4.78 is 0. The second kappa shape index (κ2) is 5.24. The fraction of sp³-hybridized carbons (Fsp3) is 0.211. The number of alkyl halides is 1. The Labute approximate surface area is 143 Å². The molecule has 4 rings (SSSR count). The van der Waals surface area contributed by atoms with Crippen LogP contribution in [0.25, 0.3) is 10.9 Å². The highest BCUT2D eigenvalue weighted by Crippen LogP contribution is 2.42. The van der Waals surface area contributed by atoms with Gasteiger partial charge >= 0.3 is 0 Å². The molecule has 0 N–H and O–H groups in total. The highest BCUT2D eigenvalue weighted by molar-refractivity contribution is 9.09. The Bertz CT molecular complexity index is 931. The third-order valence-corrected chi connectivity index (χ3v) is 5.86. The van der Waals surface area contributed by atoms with E-state index >= 15 is 0 Å². The smallest absolute Gasteiger partial charge is 0.112 e. The molecule has 4 heteroatoms. The number of rotatable bonds is 1. The van der Waals surface area contributed by atoms with Crippen LogP contribution in [0.5, 0.6) is 0 Å². The molecule has 1 aromatic heterocycles. The number of nitrogens with zero attached hydrogens (tertiary/aromatic N) is 3. The average molecular weight is 366 g/mol. The maximum absolute atomic E-state index is 4.98. The number of fused-ring (bicyclic) bond motifs is 2. The largest absolute Gasteiger partial charge is 0.275 e. The van der Waals surface area contributed by atoms with E-state index in [9.17, 15) is 0 Å². The lowest BCUT2D eigenvalue weighted by molar-refractivity contribution is 0.509. The average Bonchev–Trinajstić information content (AvgIpc) is 2.58. The van der Waals surface area contributed by atoms with Crippen molar-refractivity contribution >= 4 is 32.5 Å². The third kappa shape index (κ3) is 2.38. The summed E-state index contributed by atoms with van der Waals surface area (Å²) in [6.07, 6.45) is 0. The van der Waals surface area contributed by atoms with Gasteiger partial charge in [-0.3, -0.25) is 4.99 Å². The molecule has 0 saturated heterocycles. The summed E-state index contributed by atoms with van der Waals surface area (Å²) in [6.45, 7) is 4.27. The molecular formula is C19H16BrN3. The SMILES string of the molecule is CC1(C)N=C(c2cc3ccccc3nn2)c2ccccc2C1Br. The number of benzene rings is 2. The zero-order valence-corrected chi connectivity index (χ0v) is 14.6. The van der Waals surface area contributed by atoms with Crippen molar-refractivity contribution in [1.29, 1.82) is 0 Å². The van der Waals surface area contributed by atoms with Crippen molar-refractivity contribution < 1.29 is 0 Å². The van der Waals surface area contributed by atoms with E-state index in [0.717, 1.165) is 27.9 Å². The molecule has 3 nitrogen and oxygen atoms in total. The van der Waals surface area contributed by atoms with Gasteiger partial charge in [0, 0.05) is 10.9 Å². The summed E-state index contributed by atoms with van der Waals surface area (Å²) in [5.41, 5.74) is 4.77. The van der Waals surface area contributed by atoms with Crippen molar-refractivity contribution in [2.75, 3.05) is 0 Å². The summed E-state index contributed by atoms with van der Waals surface area (Å²) in [5, 5.41) is 9.86. The van der Waals surface area contributed by atoms with Gasteiger partial charge in [0.15, 0.2) is 0 Å². The molecule has 1 aliphatic heterocycles. The van der Waals surface area contributed by atoms with Crippen LogP contribution in [0.3, 0.4) is 0 Å². The van der Waals surface area contributed by atoms with E-state index in [-0.39, 0.29) is 10.4 Å². The van der Waals surface area contributed by atoms with Crippen LogP contribution >= 0.6 is 15.9 Å². The quantitative estimate of drug-likeness (QED) is 0.586. The third-order valence-electron chi connectivity index (χ3n) is 4.25. The van der Waals surface area contributed by atoms with Gasteiger partial charge in [0.05, 0.1) is 21.6 Å². The van der Waals surface area contributed by atoms with Gasteiger partial charge in [-0.15, -0.1) is 10.2 Å². The molecule has 3 aromatic rings. The van der Waals surface area contributed by atoms with Gasteiger partial charge in [-0.2, -0.15) is 0 Å². The van der Waals surface area contributed by atoms with Gasteiger partial charge in [-0.1, -0.05) is 58.4 Å². The van der Waals surface area contributed by atoms with Crippen molar-refractivity contribution in [1.82, 2.24) is 10.2 Å². The first-order valence-electron chi connectivity index (χ1n) is 7.62. The van der Waals surface area contributed by atoms with Crippen molar-refractivity contribution in [2.24, 2.45) is 4.99 Å². The molecule has 1 unspecified atom stereocenters. The molecule has 0 aliphatic carbocycles. The van der Waals surface area contributed by atoms with Gasteiger partial charge in [-0.05, 0) is 31.5 Å². The summed E-state index contributed by atoms with van der Waals surface area (Å²) in [7, 11) is 0. The molecule has 0 spiro atoms. The molecule has 1 atom stereocenters. The molecule has 0 fully saturated rings. The Morgan fingerprint density at radius 2 is 1.70 bits per heavy atom. The number of aromatic nitrogens is 2. The Morgan fingerprint density at radius 3 is 2.57 bits per heavy atom. The maximum atomic E-state index is 4.98. The Hall–Kier alpha value is -2.07. The van der Waals surface area contributed by atoms with Crippen LogP contribution < -0.4 is 0 Å². The van der Waals surface area contributed by atoms with Crippen LogP contribution in [-0.2, 0) is 0 Å². The molecule has 114 valence electrons. The fourth-order valence-corrected chi connectivity index (χ4v) is 3.52. The van der Waals surface area contributed by atoms with Gasteiger partial charge in [0.25, 0.3) is 0 Å². The minimum Gasteiger partial charge on any atom is -0.275 e. The van der Waals surface area contributed by atoms with Gasteiger partial charge in [0.2, 0.25) is 0 Å². The highest BCUT2D eigenvalue weighted by atomic mass is 79.9. The fourth-order valence-electron chi connectivity index (χ4n) is 3.01. The number of hydrogen-bond acceptors (Lipinski definition) is 3. The Kier molecular flexibility index (Phi) is 3.31. The second-order valence-corrected chi connectivity index (χ2v) is 7.27. The lowest BCUT2D eigenvalue weighted by Crippen LogP contribution is -2.31. The lowest BCUT2D eigenvalue weighted by atomic mass is 9.86. The molecular weight excluding hydrogens is 350 g/mol. The second-order valence-electron chi connectivity index (χ2n) is 6.35. The van der Waals surface area contributed by atoms with E-state index in [4.69, 9.17) is 4.99 Å². The minimum absolute atomic E-state index is 0.184. The number of hydrogen-bond donors (Lipinski definition) is 0. The van der Waals surface area contributed by atoms with Gasteiger partial charge < -0.3 is 0 Å². The lowest BCUT2D eigenvalue weighted by Gasteiger charge is -2.33. The summed E-state index contributed by atoms with van der Waals surface area (Å²) >= 11 is 3.81. The highest BCUT2D eigenvalue weighted by Gasteiger charge is 2.35. The first-order valence-corrected chi connectivity index (χ1v) is 8.54. The zero-order chi connectivity index (χ0) is 16.0. The van der Waals surface area contributed by atoms with Crippen molar-refractivity contribution in [3.05, 3.63) is 71.4 Å². The monoisotopic (exact) mass is 365 g/mol. The van der Waals surface area contributed by atoms with E-state index in [2.05, 4.69) is 70.3 Å². The van der Waals surface area contributed by atoms with Crippen molar-refractivity contribution in [3.8, 4) is 0 Å². The number of halogens is 1. The first kappa shape index (κ1) is 14.5. The van der Waals surface area contributed by atoms with E-state index < -0.39 is 0 Å². The predicted molar refractivity (Wildman–Crippen MR) is 97.4 cm³/mol. The molecule has 0 bridgehead atoms. The van der Waals surface area contributed by atoms with E-state index in [1.54, 1.807) is 0 Å². The Balaban J connectivity index is 1.95. The zero-order valence-electron chi connectivity index (χ0n) is 13.0. The summed E-state index contributed by atoms with van der Waals surface area (Å²) in [5.74, 6) is 0. The van der Waals surface area contributed by atoms with Crippen LogP contribution in [0, 0.1) is 0 Å². The summed E-state index contributed by atoms with van der Waals surface area (Å²) in [6, 6.07) is 18.5. The van der Waals surface area contributed by atoms with Crippen LogP contribution in [0.1, 0.15) is 35.5 Å². The predicted octanol–water partition coefficient (Wildman–Crippen LogP) is 4.70. The molecule has 0 amide bonds. The standard InChI is InChI=1S/C19H16BrN3/c1-19(2)18(20)14-9-5-4-8-13(14)17(21-19)16-11-12-7-3-6-10-15(12)22-23-16/h3-11,18H,1-2H3. The van der Waals surface area contributed by atoms with E-state index in [1.807, 2.05) is 24.3 Å². The van der Waals surface area contributed by atoms with Crippen molar-refractivity contribution in [2.45, 2.75) is 24.2 Å². The number of aliphatic imine (C=N–C) groups is 1. The van der Waals surface area contributed by atoms with Crippen molar-refractivity contribution in [3.63, 3.8) is 0 Å². The van der Waals surface area contributed by atoms with Gasteiger partial charge in [0.1, 0.15) is 5.69 Å². The van der Waals surface area contributed by atoms with E-state index in [1.165, 1.54) is 5.56 Å². The minimum atomic E-state index is -0.239. The molecule has 0 saturated carbocycles. The van der Waals surface area contributed by atoms with Crippen LogP contribution in [-0.4, -0.2) is 21.4 Å². The summed E-state index contributed by atoms with van der Waals surface area (Å²) in [4.78, 5) is 5.16. The molecule has 0 radical (unpaired) electrons. The van der Waals surface area contributed by atoms with Gasteiger partial charge in [-0.25, -0.2) is 0 Å². The Morgan fingerprint density at radius 1 is 0.957 bits per heavy atom.